The van der Waals surface area contributed by atoms with Crippen LogP contribution < -0.4 is 5.32 Å². The number of rotatable bonds is 3. The first kappa shape index (κ1) is 16.8. The molecule has 0 aromatic heterocycles. The van der Waals surface area contributed by atoms with Gasteiger partial charge in [-0.1, -0.05) is 6.07 Å². The third kappa shape index (κ3) is 2.24. The van der Waals surface area contributed by atoms with E-state index in [1.807, 2.05) is 13.1 Å². The zero-order valence-corrected chi connectivity index (χ0v) is 14.5. The Morgan fingerprint density at radius 1 is 1.40 bits per heavy atom. The predicted molar refractivity (Wildman–Crippen MR) is 92.3 cm³/mol. The van der Waals surface area contributed by atoms with E-state index in [-0.39, 0.29) is 36.8 Å². The minimum Gasteiger partial charge on any atom is -0.508 e. The molecule has 1 aliphatic heterocycles. The maximum absolute atomic E-state index is 12.5. The topological polar surface area (TPSA) is 93.0 Å². The Hall–Kier alpha value is -1.63. The Morgan fingerprint density at radius 3 is 2.96 bits per heavy atom. The van der Waals surface area contributed by atoms with E-state index in [2.05, 4.69) is 10.2 Å². The minimum absolute atomic E-state index is 0.0195. The SMILES string of the molecule is CN1CCC23CC(C(=O)NCCO)CC2(O)C1Cc1ccc(O)cc13. The largest absolute Gasteiger partial charge is 0.508 e. The number of phenols is 1. The summed E-state index contributed by atoms with van der Waals surface area (Å²) in [6.45, 7) is 1.02. The highest BCUT2D eigenvalue weighted by Crippen LogP contribution is 2.61. The van der Waals surface area contributed by atoms with Crippen LogP contribution in [0.3, 0.4) is 0 Å². The van der Waals surface area contributed by atoms with Gasteiger partial charge in [0, 0.05) is 23.9 Å². The van der Waals surface area contributed by atoms with E-state index in [0.29, 0.717) is 12.8 Å². The van der Waals surface area contributed by atoms with Gasteiger partial charge in [-0.2, -0.15) is 0 Å². The molecule has 4 N–H and O–H groups in total. The van der Waals surface area contributed by atoms with E-state index in [0.717, 1.165) is 30.5 Å². The number of aliphatic hydroxyl groups excluding tert-OH is 1. The molecule has 1 saturated heterocycles. The number of nitrogens with one attached hydrogen (secondary N) is 1. The fourth-order valence-corrected chi connectivity index (χ4v) is 5.61. The number of carbonyl (C=O) groups is 1. The minimum atomic E-state index is -0.970. The van der Waals surface area contributed by atoms with Crippen LogP contribution in [-0.2, 0) is 16.6 Å². The number of benzene rings is 1. The lowest BCUT2D eigenvalue weighted by Crippen LogP contribution is -2.68. The maximum Gasteiger partial charge on any atom is 0.223 e. The first-order valence-corrected chi connectivity index (χ1v) is 9.05. The van der Waals surface area contributed by atoms with Gasteiger partial charge in [0.05, 0.1) is 12.2 Å². The van der Waals surface area contributed by atoms with Crippen LogP contribution >= 0.6 is 0 Å². The summed E-state index contributed by atoms with van der Waals surface area (Å²) in [5.41, 5.74) is 0.715. The molecule has 0 radical (unpaired) electrons. The number of nitrogens with zero attached hydrogens (tertiary/aromatic N) is 1. The smallest absolute Gasteiger partial charge is 0.223 e. The second-order valence-electron chi connectivity index (χ2n) is 7.92. The second-order valence-corrected chi connectivity index (χ2v) is 7.92. The van der Waals surface area contributed by atoms with Crippen molar-refractivity contribution in [2.24, 2.45) is 5.92 Å². The third-order valence-corrected chi connectivity index (χ3v) is 6.76. The van der Waals surface area contributed by atoms with Crippen LogP contribution in [0.4, 0.5) is 0 Å². The molecular formula is C19H26N2O4. The van der Waals surface area contributed by atoms with Crippen molar-refractivity contribution >= 4 is 5.91 Å². The first-order valence-electron chi connectivity index (χ1n) is 9.05. The predicted octanol–water partition coefficient (Wildman–Crippen LogP) is 0.140. The highest BCUT2D eigenvalue weighted by Gasteiger charge is 2.67. The number of fused-ring (bicyclic) bond motifs is 1. The van der Waals surface area contributed by atoms with Crippen molar-refractivity contribution in [3.8, 4) is 5.75 Å². The Balaban J connectivity index is 1.78. The molecule has 3 aliphatic rings. The lowest BCUT2D eigenvalue weighted by molar-refractivity contribution is -0.129. The molecule has 4 unspecified atom stereocenters. The Bertz CT molecular complexity index is 709. The summed E-state index contributed by atoms with van der Waals surface area (Å²) in [5.74, 6) is -0.166. The van der Waals surface area contributed by atoms with Gasteiger partial charge in [0.15, 0.2) is 0 Å². The molecule has 1 amide bonds. The standard InChI is InChI=1S/C19H26N2O4/c1-21-6-4-18-10-13(17(24)20-5-7-22)11-19(18,25)16(21)8-12-2-3-14(23)9-15(12)18/h2-3,9,13,16,22-23,25H,4-8,10-11H2,1H3,(H,20,24). The number of amides is 1. The van der Waals surface area contributed by atoms with Crippen molar-refractivity contribution < 1.29 is 20.1 Å². The number of hydrogen-bond acceptors (Lipinski definition) is 5. The molecule has 136 valence electrons. The molecule has 2 aliphatic carbocycles. The zero-order chi connectivity index (χ0) is 17.8. The Labute approximate surface area is 147 Å². The lowest BCUT2D eigenvalue weighted by atomic mass is 9.56. The van der Waals surface area contributed by atoms with Gasteiger partial charge in [-0.05, 0) is 62.5 Å². The summed E-state index contributed by atoms with van der Waals surface area (Å²) in [4.78, 5) is 14.7. The van der Waals surface area contributed by atoms with Crippen molar-refractivity contribution in [2.45, 2.75) is 42.7 Å². The van der Waals surface area contributed by atoms with Crippen LogP contribution in [0.2, 0.25) is 0 Å². The van der Waals surface area contributed by atoms with Gasteiger partial charge in [0.2, 0.25) is 5.91 Å². The van der Waals surface area contributed by atoms with Gasteiger partial charge in [0.1, 0.15) is 5.75 Å². The number of hydrogen-bond donors (Lipinski definition) is 4. The normalized spacial score (nSPS) is 36.6. The lowest BCUT2D eigenvalue weighted by Gasteiger charge is -2.58. The molecule has 6 nitrogen and oxygen atoms in total. The molecule has 4 rings (SSSR count). The summed E-state index contributed by atoms with van der Waals surface area (Å²) < 4.78 is 0. The number of likely N-dealkylation sites (tertiary alicyclic amines) is 1. The number of aliphatic hydroxyl groups is 2. The van der Waals surface area contributed by atoms with Crippen molar-refractivity contribution in [1.82, 2.24) is 10.2 Å². The van der Waals surface area contributed by atoms with E-state index < -0.39 is 11.0 Å². The van der Waals surface area contributed by atoms with E-state index in [1.165, 1.54) is 0 Å². The monoisotopic (exact) mass is 346 g/mol. The average molecular weight is 346 g/mol. The molecule has 4 atom stereocenters. The van der Waals surface area contributed by atoms with Gasteiger partial charge < -0.3 is 25.5 Å². The summed E-state index contributed by atoms with van der Waals surface area (Å²) in [6.07, 6.45) is 2.52. The number of piperidine rings is 1. The van der Waals surface area contributed by atoms with Crippen LogP contribution in [0.1, 0.15) is 30.4 Å². The highest BCUT2D eigenvalue weighted by molar-refractivity contribution is 5.80. The fourth-order valence-electron chi connectivity index (χ4n) is 5.61. The van der Waals surface area contributed by atoms with Crippen molar-refractivity contribution in [1.29, 1.82) is 0 Å². The Kier molecular flexibility index (Phi) is 3.83. The van der Waals surface area contributed by atoms with Gasteiger partial charge in [-0.25, -0.2) is 0 Å². The molecule has 1 aromatic carbocycles. The molecule has 1 saturated carbocycles. The van der Waals surface area contributed by atoms with Crippen LogP contribution in [0.25, 0.3) is 0 Å². The third-order valence-electron chi connectivity index (χ3n) is 6.76. The molecular weight excluding hydrogens is 320 g/mol. The molecule has 2 fully saturated rings. The second kappa shape index (κ2) is 5.69. The molecule has 2 bridgehead atoms. The summed E-state index contributed by atoms with van der Waals surface area (Å²) >= 11 is 0. The summed E-state index contributed by atoms with van der Waals surface area (Å²) in [7, 11) is 2.04. The number of aromatic hydroxyl groups is 1. The highest BCUT2D eigenvalue weighted by atomic mass is 16.3. The number of likely N-dealkylation sites (N-methyl/N-ethyl adjacent to an activating group) is 1. The zero-order valence-electron chi connectivity index (χ0n) is 14.5. The van der Waals surface area contributed by atoms with Gasteiger partial charge in [-0.15, -0.1) is 0 Å². The summed E-state index contributed by atoms with van der Waals surface area (Å²) in [5, 5.41) is 33.5. The number of phenolic OH excluding ortho intramolecular Hbond substituents is 1. The van der Waals surface area contributed by atoms with Gasteiger partial charge in [-0.3, -0.25) is 4.79 Å². The molecule has 1 aromatic rings. The van der Waals surface area contributed by atoms with E-state index in [9.17, 15) is 15.0 Å². The average Bonchev–Trinajstić information content (AvgIpc) is 2.92. The molecule has 0 spiro atoms. The van der Waals surface area contributed by atoms with E-state index >= 15 is 0 Å². The fraction of sp³-hybridized carbons (Fsp3) is 0.632. The molecule has 1 heterocycles. The molecule has 6 heteroatoms. The van der Waals surface area contributed by atoms with E-state index in [4.69, 9.17) is 5.11 Å². The van der Waals surface area contributed by atoms with Gasteiger partial charge >= 0.3 is 0 Å². The van der Waals surface area contributed by atoms with Crippen molar-refractivity contribution in [3.05, 3.63) is 29.3 Å². The van der Waals surface area contributed by atoms with Gasteiger partial charge in [0.25, 0.3) is 0 Å². The summed E-state index contributed by atoms with van der Waals surface area (Å²) in [6, 6.07) is 5.43. The Morgan fingerprint density at radius 2 is 2.20 bits per heavy atom. The van der Waals surface area contributed by atoms with Crippen molar-refractivity contribution in [2.75, 3.05) is 26.7 Å². The quantitative estimate of drug-likeness (QED) is 0.625. The maximum atomic E-state index is 12.5. The first-order chi connectivity index (χ1) is 11.9. The van der Waals surface area contributed by atoms with E-state index in [1.54, 1.807) is 12.1 Å². The number of carbonyl (C=O) groups excluding carboxylic acids is 1. The van der Waals surface area contributed by atoms with Crippen LogP contribution in [-0.4, -0.2) is 64.5 Å². The van der Waals surface area contributed by atoms with Crippen LogP contribution in [0.5, 0.6) is 5.75 Å². The van der Waals surface area contributed by atoms with Crippen LogP contribution in [0, 0.1) is 5.92 Å². The molecule has 25 heavy (non-hydrogen) atoms. The van der Waals surface area contributed by atoms with Crippen molar-refractivity contribution in [3.63, 3.8) is 0 Å². The van der Waals surface area contributed by atoms with Crippen LogP contribution in [0.15, 0.2) is 18.2 Å².